The molecule has 3 saturated carbocycles. The van der Waals surface area contributed by atoms with Crippen molar-refractivity contribution in [2.45, 2.75) is 173 Å². The Kier molecular flexibility index (Phi) is 10.9. The van der Waals surface area contributed by atoms with E-state index in [9.17, 15) is 25.5 Å². The van der Waals surface area contributed by atoms with Gasteiger partial charge >= 0.3 is 0 Å². The molecule has 6 rings (SSSR count). The van der Waals surface area contributed by atoms with Gasteiger partial charge in [-0.1, -0.05) is 45.3 Å². The summed E-state index contributed by atoms with van der Waals surface area (Å²) in [6.45, 7) is 11.5. The normalized spacial score (nSPS) is 48.7. The number of ether oxygens (including phenoxy) is 4. The van der Waals surface area contributed by atoms with E-state index in [4.69, 9.17) is 18.9 Å². The first-order valence-electron chi connectivity index (χ1n) is 18.9. The molecule has 0 amide bonds. The van der Waals surface area contributed by atoms with Crippen LogP contribution in [0.4, 0.5) is 0 Å². The van der Waals surface area contributed by atoms with Gasteiger partial charge in [0.25, 0.3) is 0 Å². The highest BCUT2D eigenvalue weighted by Gasteiger charge is 2.60. The molecule has 4 aliphatic carbocycles. The first-order valence-corrected chi connectivity index (χ1v) is 18.9. The summed E-state index contributed by atoms with van der Waals surface area (Å²) in [6, 6.07) is 0. The van der Waals surface area contributed by atoms with Crippen LogP contribution in [0.25, 0.3) is 0 Å². The maximum absolute atomic E-state index is 10.9. The molecule has 2 heterocycles. The summed E-state index contributed by atoms with van der Waals surface area (Å²) in [5.74, 6) is 3.05. The molecule has 9 nitrogen and oxygen atoms in total. The summed E-state index contributed by atoms with van der Waals surface area (Å²) in [6.07, 6.45) is 9.58. The molecule has 0 bridgehead atoms. The van der Waals surface area contributed by atoms with E-state index in [1.54, 1.807) is 0 Å². The molecule has 0 aromatic carbocycles. The molecule has 5 fully saturated rings. The van der Waals surface area contributed by atoms with Gasteiger partial charge in [0, 0.05) is 18.8 Å². The topological polar surface area (TPSA) is 138 Å². The van der Waals surface area contributed by atoms with Crippen molar-refractivity contribution >= 4 is 0 Å². The van der Waals surface area contributed by atoms with Crippen molar-refractivity contribution in [1.82, 2.24) is 0 Å². The average molecular weight is 665 g/mol. The lowest BCUT2D eigenvalue weighted by Crippen LogP contribution is -2.55. The van der Waals surface area contributed by atoms with Crippen molar-refractivity contribution in [3.8, 4) is 0 Å². The molecule has 2 aliphatic heterocycles. The first-order chi connectivity index (χ1) is 22.2. The lowest BCUT2D eigenvalue weighted by Gasteiger charge is -2.60. The van der Waals surface area contributed by atoms with Gasteiger partial charge < -0.3 is 44.5 Å². The Hall–Kier alpha value is -0.620. The SMILES string of the molecule is C[C@@H]1C2=CCC3C4CCC(CCCCC(C)(C)O)[C@@]4(C)CC[C@@]3(C)C2CC[C@@H]1O[C@@H]1O[C@H](CO[C@@H]2OC[C@@H](O)C[C@H]2O)C[C@H](O)[C@H]1O. The predicted octanol–water partition coefficient (Wildman–Crippen LogP) is 4.85. The third-order valence-corrected chi connectivity index (χ3v) is 13.9. The molecule has 15 atom stereocenters. The summed E-state index contributed by atoms with van der Waals surface area (Å²) in [5.41, 5.74) is 1.67. The third kappa shape index (κ3) is 7.41. The first kappa shape index (κ1) is 36.2. The van der Waals surface area contributed by atoms with Crippen LogP contribution in [0.1, 0.15) is 118 Å². The van der Waals surface area contributed by atoms with Crippen molar-refractivity contribution in [2.75, 3.05) is 13.2 Å². The second-order valence-electron chi connectivity index (χ2n) is 17.5. The van der Waals surface area contributed by atoms with Gasteiger partial charge in [-0.05, 0) is 106 Å². The molecule has 0 aromatic heterocycles. The van der Waals surface area contributed by atoms with Gasteiger partial charge in [0.05, 0.1) is 43.2 Å². The molecule has 9 heteroatoms. The molecule has 0 aromatic rings. The lowest BCUT2D eigenvalue weighted by atomic mass is 9.45. The minimum atomic E-state index is -1.15. The van der Waals surface area contributed by atoms with Gasteiger partial charge in [-0.3, -0.25) is 0 Å². The number of rotatable bonds is 10. The van der Waals surface area contributed by atoms with Gasteiger partial charge in [-0.15, -0.1) is 0 Å². The number of hydrogen-bond acceptors (Lipinski definition) is 9. The van der Waals surface area contributed by atoms with E-state index < -0.39 is 48.7 Å². The van der Waals surface area contributed by atoms with Gasteiger partial charge in [0.1, 0.15) is 12.2 Å². The van der Waals surface area contributed by atoms with Crippen LogP contribution in [0.2, 0.25) is 0 Å². The molecule has 6 aliphatic rings. The standard InChI is InChI=1S/C38H64O9/c1-22-26-10-12-29-28-11-9-23(8-6-7-15-36(2,3)43)37(28,4)16-17-38(29,5)27(26)13-14-32(22)47-35-33(42)30(40)19-25(46-35)21-45-34-31(41)18-24(39)20-44-34/h10,22-25,27-35,39-43H,6-9,11-21H2,1-5H3/t22-,23?,24+,25+,27?,28?,29?,30+,31-,32+,33-,34+,35+,37-,38+/m1/s1. The number of allylic oxidation sites excluding steroid dienone is 1. The minimum Gasteiger partial charge on any atom is -0.391 e. The maximum atomic E-state index is 10.9. The second-order valence-corrected chi connectivity index (χ2v) is 17.5. The highest BCUT2D eigenvalue weighted by atomic mass is 16.7. The summed E-state index contributed by atoms with van der Waals surface area (Å²) in [5, 5.41) is 51.6. The Bertz CT molecular complexity index is 1090. The van der Waals surface area contributed by atoms with Crippen molar-refractivity contribution in [1.29, 1.82) is 0 Å². The van der Waals surface area contributed by atoms with Crippen LogP contribution >= 0.6 is 0 Å². The highest BCUT2D eigenvalue weighted by molar-refractivity contribution is 5.25. The van der Waals surface area contributed by atoms with Crippen LogP contribution in [0.3, 0.4) is 0 Å². The fourth-order valence-electron chi connectivity index (χ4n) is 11.1. The fourth-order valence-corrected chi connectivity index (χ4v) is 11.1. The zero-order valence-electron chi connectivity index (χ0n) is 29.6. The van der Waals surface area contributed by atoms with E-state index in [0.29, 0.717) is 16.7 Å². The zero-order valence-corrected chi connectivity index (χ0v) is 29.6. The monoisotopic (exact) mass is 664 g/mol. The van der Waals surface area contributed by atoms with Crippen LogP contribution in [0, 0.1) is 40.4 Å². The summed E-state index contributed by atoms with van der Waals surface area (Å²) >= 11 is 0. The van der Waals surface area contributed by atoms with Gasteiger partial charge in [0.2, 0.25) is 0 Å². The van der Waals surface area contributed by atoms with Crippen LogP contribution < -0.4 is 0 Å². The molecular formula is C38H64O9. The highest BCUT2D eigenvalue weighted by Crippen LogP contribution is 2.68. The molecular weight excluding hydrogens is 600 g/mol. The van der Waals surface area contributed by atoms with Crippen LogP contribution in [0.5, 0.6) is 0 Å². The molecule has 0 spiro atoms. The Morgan fingerprint density at radius 1 is 0.915 bits per heavy atom. The number of fused-ring (bicyclic) bond motifs is 5. The fraction of sp³-hybridized carbons (Fsp3) is 0.947. The van der Waals surface area contributed by atoms with Crippen LogP contribution in [-0.2, 0) is 18.9 Å². The summed E-state index contributed by atoms with van der Waals surface area (Å²) < 4.78 is 23.9. The summed E-state index contributed by atoms with van der Waals surface area (Å²) in [7, 11) is 0. The van der Waals surface area contributed by atoms with E-state index in [-0.39, 0.29) is 38.1 Å². The molecule has 5 N–H and O–H groups in total. The molecule has 4 unspecified atom stereocenters. The van der Waals surface area contributed by atoms with Crippen molar-refractivity contribution in [3.05, 3.63) is 11.6 Å². The number of aliphatic hydroxyl groups excluding tert-OH is 4. The van der Waals surface area contributed by atoms with Gasteiger partial charge in [-0.2, -0.15) is 0 Å². The predicted molar refractivity (Wildman–Crippen MR) is 177 cm³/mol. The third-order valence-electron chi connectivity index (χ3n) is 13.9. The minimum absolute atomic E-state index is 0.0798. The number of unbranched alkanes of at least 4 members (excludes halogenated alkanes) is 1. The van der Waals surface area contributed by atoms with E-state index in [2.05, 4.69) is 26.8 Å². The quantitative estimate of drug-likeness (QED) is 0.164. The Labute approximate surface area is 282 Å². The number of aliphatic hydroxyl groups is 5. The average Bonchev–Trinajstić information content (AvgIpc) is 3.34. The molecule has 0 radical (unpaired) electrons. The van der Waals surface area contributed by atoms with E-state index in [0.717, 1.165) is 49.9 Å². The second kappa shape index (κ2) is 14.2. The van der Waals surface area contributed by atoms with Crippen molar-refractivity contribution in [2.24, 2.45) is 40.4 Å². The van der Waals surface area contributed by atoms with Crippen LogP contribution in [-0.4, -0.2) is 93.6 Å². The molecule has 2 saturated heterocycles. The summed E-state index contributed by atoms with van der Waals surface area (Å²) in [4.78, 5) is 0. The maximum Gasteiger partial charge on any atom is 0.186 e. The van der Waals surface area contributed by atoms with E-state index in [1.807, 2.05) is 13.8 Å². The Balaban J connectivity index is 1.06. The lowest BCUT2D eigenvalue weighted by molar-refractivity contribution is -0.304. The Morgan fingerprint density at radius 2 is 1.68 bits per heavy atom. The van der Waals surface area contributed by atoms with E-state index >= 15 is 0 Å². The zero-order chi connectivity index (χ0) is 33.7. The largest absolute Gasteiger partial charge is 0.391 e. The van der Waals surface area contributed by atoms with Crippen molar-refractivity contribution < 1.29 is 44.5 Å². The molecule has 270 valence electrons. The van der Waals surface area contributed by atoms with E-state index in [1.165, 1.54) is 44.1 Å². The van der Waals surface area contributed by atoms with Crippen LogP contribution in [0.15, 0.2) is 11.6 Å². The smallest absolute Gasteiger partial charge is 0.186 e. The van der Waals surface area contributed by atoms with Gasteiger partial charge in [-0.25, -0.2) is 0 Å². The van der Waals surface area contributed by atoms with Gasteiger partial charge in [0.15, 0.2) is 12.6 Å². The van der Waals surface area contributed by atoms with Crippen molar-refractivity contribution in [3.63, 3.8) is 0 Å². The Morgan fingerprint density at radius 3 is 2.43 bits per heavy atom. The number of hydrogen-bond donors (Lipinski definition) is 5. The molecule has 47 heavy (non-hydrogen) atoms.